The maximum atomic E-state index is 12.0. The highest BCUT2D eigenvalue weighted by atomic mass is 35.7. The molecule has 5 nitrogen and oxygen atoms in total. The largest absolute Gasteiger partial charge is 0.348 e. The standard InChI is InChI=1S/C5H11ClN2O3S2/c1-8(2)12(9,5-3-4-5)7-13(6,10)11/h5H,3-4H2,1-2H3. The van der Waals surface area contributed by atoms with E-state index in [-0.39, 0.29) is 5.25 Å². The van der Waals surface area contributed by atoms with E-state index in [1.54, 1.807) is 0 Å². The Balaban J connectivity index is 3.20. The van der Waals surface area contributed by atoms with Crippen molar-refractivity contribution in [2.24, 2.45) is 3.77 Å². The summed E-state index contributed by atoms with van der Waals surface area (Å²) in [5.41, 5.74) is 0. The van der Waals surface area contributed by atoms with Crippen LogP contribution >= 0.6 is 10.7 Å². The van der Waals surface area contributed by atoms with Gasteiger partial charge in [0.25, 0.3) is 0 Å². The maximum Gasteiger partial charge on any atom is 0.348 e. The lowest BCUT2D eigenvalue weighted by molar-refractivity contribution is 0.587. The summed E-state index contributed by atoms with van der Waals surface area (Å²) >= 11 is 0. The third kappa shape index (κ3) is 2.80. The van der Waals surface area contributed by atoms with Gasteiger partial charge in [-0.15, -0.1) is 0 Å². The molecule has 0 spiro atoms. The van der Waals surface area contributed by atoms with Crippen LogP contribution in [0.1, 0.15) is 12.8 Å². The van der Waals surface area contributed by atoms with E-state index in [0.29, 0.717) is 0 Å². The van der Waals surface area contributed by atoms with Gasteiger partial charge in [0.15, 0.2) is 0 Å². The van der Waals surface area contributed by atoms with Crippen molar-refractivity contribution < 1.29 is 12.6 Å². The van der Waals surface area contributed by atoms with Crippen molar-refractivity contribution in [2.45, 2.75) is 18.1 Å². The van der Waals surface area contributed by atoms with E-state index >= 15 is 0 Å². The predicted octanol–water partition coefficient (Wildman–Crippen LogP) is 0.577. The van der Waals surface area contributed by atoms with Crippen LogP contribution in [0.2, 0.25) is 0 Å². The predicted molar refractivity (Wildman–Crippen MR) is 52.1 cm³/mol. The van der Waals surface area contributed by atoms with Crippen molar-refractivity contribution in [3.05, 3.63) is 0 Å². The van der Waals surface area contributed by atoms with Gasteiger partial charge in [0.2, 0.25) is 0 Å². The fourth-order valence-corrected chi connectivity index (χ4v) is 5.04. The first-order valence-corrected chi connectivity index (χ1v) is 7.45. The molecule has 0 aliphatic heterocycles. The fraction of sp³-hybridized carbons (Fsp3) is 1.00. The molecule has 1 aliphatic carbocycles. The highest BCUT2D eigenvalue weighted by Gasteiger charge is 2.37. The number of rotatable bonds is 3. The van der Waals surface area contributed by atoms with Gasteiger partial charge in [-0.1, -0.05) is 3.77 Å². The molecule has 0 saturated heterocycles. The molecule has 13 heavy (non-hydrogen) atoms. The van der Waals surface area contributed by atoms with Crippen molar-refractivity contribution in [1.82, 2.24) is 4.31 Å². The number of nitrogens with zero attached hydrogens (tertiary/aromatic N) is 2. The number of halogens is 1. The monoisotopic (exact) mass is 246 g/mol. The second-order valence-corrected chi connectivity index (χ2v) is 8.10. The summed E-state index contributed by atoms with van der Waals surface area (Å²) in [5, 5.41) is -0.156. The Bertz CT molecular complexity index is 395. The van der Waals surface area contributed by atoms with Crippen molar-refractivity contribution >= 4 is 29.8 Å². The number of hydrogen-bond acceptors (Lipinski definition) is 3. The smallest absolute Gasteiger partial charge is 0.232 e. The van der Waals surface area contributed by atoms with Crippen LogP contribution in [0.5, 0.6) is 0 Å². The first kappa shape index (κ1) is 11.2. The first-order chi connectivity index (χ1) is 5.76. The summed E-state index contributed by atoms with van der Waals surface area (Å²) in [6.45, 7) is 0. The molecule has 0 aromatic rings. The van der Waals surface area contributed by atoms with Gasteiger partial charge in [0, 0.05) is 24.8 Å². The minimum atomic E-state index is -4.05. The lowest BCUT2D eigenvalue weighted by atomic mass is 11.0. The molecule has 0 aromatic carbocycles. The van der Waals surface area contributed by atoms with E-state index in [2.05, 4.69) is 3.77 Å². The summed E-state index contributed by atoms with van der Waals surface area (Å²) in [7, 11) is 1.12. The Hall–Kier alpha value is 0.150. The molecule has 1 saturated carbocycles. The van der Waals surface area contributed by atoms with Gasteiger partial charge in [0.1, 0.15) is 9.92 Å². The molecule has 8 heteroatoms. The van der Waals surface area contributed by atoms with Crippen LogP contribution in [0.3, 0.4) is 0 Å². The highest BCUT2D eigenvalue weighted by Crippen LogP contribution is 2.32. The van der Waals surface area contributed by atoms with Crippen LogP contribution in [0, 0.1) is 0 Å². The fourth-order valence-electron chi connectivity index (χ4n) is 0.928. The molecule has 0 radical (unpaired) electrons. The van der Waals surface area contributed by atoms with Crippen LogP contribution in [0.25, 0.3) is 0 Å². The van der Waals surface area contributed by atoms with E-state index < -0.39 is 19.2 Å². The molecule has 1 fully saturated rings. The van der Waals surface area contributed by atoms with Crippen molar-refractivity contribution in [1.29, 1.82) is 0 Å². The van der Waals surface area contributed by atoms with E-state index in [9.17, 15) is 12.6 Å². The van der Waals surface area contributed by atoms with Crippen LogP contribution in [-0.4, -0.2) is 36.3 Å². The molecular weight excluding hydrogens is 236 g/mol. The summed E-state index contributed by atoms with van der Waals surface area (Å²) in [4.78, 5) is 0. The molecule has 1 unspecified atom stereocenters. The Morgan fingerprint density at radius 2 is 1.77 bits per heavy atom. The topological polar surface area (TPSA) is 66.8 Å². The second-order valence-electron chi connectivity index (χ2n) is 3.04. The molecule has 0 N–H and O–H groups in total. The van der Waals surface area contributed by atoms with Gasteiger partial charge in [-0.2, -0.15) is 8.42 Å². The minimum absolute atomic E-state index is 0.156. The molecule has 0 amide bonds. The third-order valence-corrected chi connectivity index (χ3v) is 6.14. The van der Waals surface area contributed by atoms with Gasteiger partial charge >= 0.3 is 9.24 Å². The van der Waals surface area contributed by atoms with Gasteiger partial charge < -0.3 is 0 Å². The zero-order chi connectivity index (χ0) is 10.3. The lowest BCUT2D eigenvalue weighted by Crippen LogP contribution is -2.26. The summed E-state index contributed by atoms with van der Waals surface area (Å²) in [6.07, 6.45) is 1.49. The van der Waals surface area contributed by atoms with Crippen LogP contribution in [-0.2, 0) is 19.2 Å². The Kier molecular flexibility index (Phi) is 2.92. The quantitative estimate of drug-likeness (QED) is 0.684. The van der Waals surface area contributed by atoms with Crippen molar-refractivity contribution in [3.63, 3.8) is 0 Å². The van der Waals surface area contributed by atoms with Crippen LogP contribution in [0.15, 0.2) is 3.77 Å². The Morgan fingerprint density at radius 3 is 2.00 bits per heavy atom. The zero-order valence-corrected chi connectivity index (χ0v) is 9.69. The average molecular weight is 247 g/mol. The highest BCUT2D eigenvalue weighted by molar-refractivity contribution is 8.17. The second kappa shape index (κ2) is 3.38. The summed E-state index contributed by atoms with van der Waals surface area (Å²) in [6, 6.07) is 0. The molecular formula is C5H11ClN2O3S2. The molecule has 0 aromatic heterocycles. The maximum absolute atomic E-state index is 12.0. The van der Waals surface area contributed by atoms with Gasteiger partial charge in [-0.3, -0.25) is 0 Å². The SMILES string of the molecule is CN(C)S(=O)(=NS(=O)(=O)Cl)C1CC1. The molecule has 1 atom stereocenters. The van der Waals surface area contributed by atoms with E-state index in [0.717, 1.165) is 12.8 Å². The molecule has 1 rings (SSSR count). The third-order valence-electron chi connectivity index (χ3n) is 1.68. The van der Waals surface area contributed by atoms with Crippen molar-refractivity contribution in [3.8, 4) is 0 Å². The van der Waals surface area contributed by atoms with Crippen LogP contribution < -0.4 is 0 Å². The van der Waals surface area contributed by atoms with Crippen LogP contribution in [0.4, 0.5) is 0 Å². The summed E-state index contributed by atoms with van der Waals surface area (Å²) < 4.78 is 37.8. The van der Waals surface area contributed by atoms with E-state index in [1.165, 1.54) is 18.4 Å². The zero-order valence-electron chi connectivity index (χ0n) is 7.31. The van der Waals surface area contributed by atoms with Gasteiger partial charge in [-0.25, -0.2) is 8.51 Å². The van der Waals surface area contributed by atoms with Gasteiger partial charge in [-0.05, 0) is 12.8 Å². The minimum Gasteiger partial charge on any atom is -0.232 e. The number of hydrogen-bond donors (Lipinski definition) is 0. The van der Waals surface area contributed by atoms with E-state index in [4.69, 9.17) is 10.7 Å². The molecule has 0 heterocycles. The van der Waals surface area contributed by atoms with E-state index in [1.807, 2.05) is 0 Å². The molecule has 1 aliphatic rings. The normalized spacial score (nSPS) is 22.8. The average Bonchev–Trinajstić information content (AvgIpc) is 2.62. The lowest BCUT2D eigenvalue weighted by Gasteiger charge is -2.14. The molecule has 0 bridgehead atoms. The Labute approximate surface area is 82.9 Å². The van der Waals surface area contributed by atoms with Gasteiger partial charge in [0.05, 0.1) is 5.25 Å². The van der Waals surface area contributed by atoms with Crippen molar-refractivity contribution in [2.75, 3.05) is 14.1 Å². The summed E-state index contributed by atoms with van der Waals surface area (Å²) in [5.74, 6) is 0. The first-order valence-electron chi connectivity index (χ1n) is 3.65. The Morgan fingerprint density at radius 1 is 1.31 bits per heavy atom. The molecule has 78 valence electrons.